The molecule has 0 bridgehead atoms. The number of halogens is 1. The SMILES string of the molecule is Cc1ccc(S(=O)(=O)N2CCCCCC2)cc1C(=O)NCCSCc1cccc(Cl)c1. The van der Waals surface area contributed by atoms with E-state index < -0.39 is 10.0 Å². The number of nitrogens with one attached hydrogen (secondary N) is 1. The van der Waals surface area contributed by atoms with Crippen LogP contribution in [0.15, 0.2) is 47.4 Å². The van der Waals surface area contributed by atoms with Crippen molar-refractivity contribution in [3.05, 3.63) is 64.2 Å². The van der Waals surface area contributed by atoms with Crippen LogP contribution in [-0.4, -0.2) is 44.0 Å². The zero-order chi connectivity index (χ0) is 22.3. The Bertz CT molecular complexity index is 1000. The van der Waals surface area contributed by atoms with Gasteiger partial charge in [0.2, 0.25) is 10.0 Å². The number of hydrogen-bond acceptors (Lipinski definition) is 4. The first-order valence-electron chi connectivity index (χ1n) is 10.6. The van der Waals surface area contributed by atoms with Gasteiger partial charge in [-0.25, -0.2) is 8.42 Å². The topological polar surface area (TPSA) is 66.5 Å². The second-order valence-electron chi connectivity index (χ2n) is 7.73. The van der Waals surface area contributed by atoms with Gasteiger partial charge in [0.1, 0.15) is 0 Å². The van der Waals surface area contributed by atoms with Crippen molar-refractivity contribution >= 4 is 39.3 Å². The molecule has 3 rings (SSSR count). The van der Waals surface area contributed by atoms with Gasteiger partial charge in [0.15, 0.2) is 0 Å². The molecule has 168 valence electrons. The first-order valence-corrected chi connectivity index (χ1v) is 13.6. The molecule has 1 N–H and O–H groups in total. The zero-order valence-electron chi connectivity index (χ0n) is 17.8. The van der Waals surface area contributed by atoms with Gasteiger partial charge < -0.3 is 5.32 Å². The van der Waals surface area contributed by atoms with Crippen LogP contribution in [0.4, 0.5) is 0 Å². The van der Waals surface area contributed by atoms with Crippen molar-refractivity contribution in [3.8, 4) is 0 Å². The summed E-state index contributed by atoms with van der Waals surface area (Å²) in [4.78, 5) is 12.9. The molecule has 0 spiro atoms. The van der Waals surface area contributed by atoms with Crippen molar-refractivity contribution in [3.63, 3.8) is 0 Å². The van der Waals surface area contributed by atoms with Gasteiger partial charge in [-0.3, -0.25) is 4.79 Å². The highest BCUT2D eigenvalue weighted by Crippen LogP contribution is 2.23. The second-order valence-corrected chi connectivity index (χ2v) is 11.2. The van der Waals surface area contributed by atoms with Crippen LogP contribution in [-0.2, 0) is 15.8 Å². The Hall–Kier alpha value is -1.54. The fraction of sp³-hybridized carbons (Fsp3) is 0.435. The number of amides is 1. The quantitative estimate of drug-likeness (QED) is 0.547. The van der Waals surface area contributed by atoms with Crippen LogP contribution in [0.3, 0.4) is 0 Å². The van der Waals surface area contributed by atoms with E-state index in [-0.39, 0.29) is 10.8 Å². The van der Waals surface area contributed by atoms with Crippen molar-refractivity contribution < 1.29 is 13.2 Å². The molecule has 0 aliphatic carbocycles. The maximum absolute atomic E-state index is 13.1. The number of carbonyl (C=O) groups excluding carboxylic acids is 1. The lowest BCUT2D eigenvalue weighted by molar-refractivity contribution is 0.0955. The van der Waals surface area contributed by atoms with Gasteiger partial charge in [-0.2, -0.15) is 16.1 Å². The van der Waals surface area contributed by atoms with Crippen LogP contribution in [0.5, 0.6) is 0 Å². The molecule has 1 heterocycles. The van der Waals surface area contributed by atoms with Crippen molar-refractivity contribution in [1.29, 1.82) is 0 Å². The predicted molar refractivity (Wildman–Crippen MR) is 128 cm³/mol. The minimum atomic E-state index is -3.58. The van der Waals surface area contributed by atoms with E-state index in [1.165, 1.54) is 6.07 Å². The van der Waals surface area contributed by atoms with Crippen LogP contribution in [0.2, 0.25) is 5.02 Å². The van der Waals surface area contributed by atoms with E-state index in [9.17, 15) is 13.2 Å². The van der Waals surface area contributed by atoms with Crippen molar-refractivity contribution in [1.82, 2.24) is 9.62 Å². The van der Waals surface area contributed by atoms with Crippen molar-refractivity contribution in [2.45, 2.75) is 43.3 Å². The molecule has 0 aromatic heterocycles. The Kier molecular flexibility index (Phi) is 8.84. The van der Waals surface area contributed by atoms with Crippen LogP contribution in [0.25, 0.3) is 0 Å². The lowest BCUT2D eigenvalue weighted by atomic mass is 10.1. The number of thioether (sulfide) groups is 1. The van der Waals surface area contributed by atoms with Crippen LogP contribution >= 0.6 is 23.4 Å². The third-order valence-electron chi connectivity index (χ3n) is 5.35. The van der Waals surface area contributed by atoms with Crippen LogP contribution in [0.1, 0.15) is 47.2 Å². The summed E-state index contributed by atoms with van der Waals surface area (Å²) in [5.74, 6) is 1.33. The molecule has 5 nitrogen and oxygen atoms in total. The number of aryl methyl sites for hydroxylation is 1. The minimum absolute atomic E-state index is 0.195. The largest absolute Gasteiger partial charge is 0.351 e. The average molecular weight is 481 g/mol. The number of benzene rings is 2. The minimum Gasteiger partial charge on any atom is -0.351 e. The smallest absolute Gasteiger partial charge is 0.251 e. The molecular weight excluding hydrogens is 452 g/mol. The Balaban J connectivity index is 1.58. The third kappa shape index (κ3) is 6.72. The molecule has 1 saturated heterocycles. The first-order chi connectivity index (χ1) is 14.9. The molecule has 2 aromatic rings. The van der Waals surface area contributed by atoms with E-state index in [4.69, 9.17) is 11.6 Å². The molecule has 2 aromatic carbocycles. The summed E-state index contributed by atoms with van der Waals surface area (Å²) in [6.07, 6.45) is 3.88. The Morgan fingerprint density at radius 2 is 1.84 bits per heavy atom. The molecule has 1 amide bonds. The highest BCUT2D eigenvalue weighted by Gasteiger charge is 2.26. The summed E-state index contributed by atoms with van der Waals surface area (Å²) < 4.78 is 27.7. The Labute approximate surface area is 194 Å². The summed E-state index contributed by atoms with van der Waals surface area (Å²) in [6, 6.07) is 12.6. The summed E-state index contributed by atoms with van der Waals surface area (Å²) in [6.45, 7) is 3.42. The van der Waals surface area contributed by atoms with Crippen molar-refractivity contribution in [2.24, 2.45) is 0 Å². The van der Waals surface area contributed by atoms with Gasteiger partial charge in [0, 0.05) is 41.7 Å². The summed E-state index contributed by atoms with van der Waals surface area (Å²) in [5.41, 5.74) is 2.32. The maximum Gasteiger partial charge on any atom is 0.251 e. The highest BCUT2D eigenvalue weighted by atomic mass is 35.5. The molecule has 31 heavy (non-hydrogen) atoms. The molecule has 8 heteroatoms. The summed E-state index contributed by atoms with van der Waals surface area (Å²) in [5, 5.41) is 3.63. The molecule has 0 radical (unpaired) electrons. The predicted octanol–water partition coefficient (Wildman–Crippen LogP) is 4.88. The van der Waals surface area contributed by atoms with Gasteiger partial charge >= 0.3 is 0 Å². The number of carbonyl (C=O) groups is 1. The van der Waals surface area contributed by atoms with Crippen LogP contribution < -0.4 is 5.32 Å². The zero-order valence-corrected chi connectivity index (χ0v) is 20.2. The van der Waals surface area contributed by atoms with Gasteiger partial charge in [-0.1, -0.05) is 42.6 Å². The van der Waals surface area contributed by atoms with E-state index in [1.54, 1.807) is 28.2 Å². The van der Waals surface area contributed by atoms with E-state index in [0.717, 1.165) is 53.3 Å². The summed E-state index contributed by atoms with van der Waals surface area (Å²) >= 11 is 7.71. The normalized spacial score (nSPS) is 15.4. The van der Waals surface area contributed by atoms with Crippen LogP contribution in [0, 0.1) is 6.92 Å². The maximum atomic E-state index is 13.1. The fourth-order valence-corrected chi connectivity index (χ4v) is 6.15. The van der Waals surface area contributed by atoms with Gasteiger partial charge in [-0.15, -0.1) is 0 Å². The first kappa shape index (κ1) is 24.1. The number of sulfonamides is 1. The fourth-order valence-electron chi connectivity index (χ4n) is 3.59. The standard InChI is InChI=1S/C23H29ClN2O3S2/c1-18-9-10-21(31(28,29)26-12-4-2-3-5-13-26)16-22(18)23(27)25-11-14-30-17-19-7-6-8-20(24)15-19/h6-10,15-16H,2-5,11-14,17H2,1H3,(H,25,27). The highest BCUT2D eigenvalue weighted by molar-refractivity contribution is 7.98. The monoisotopic (exact) mass is 480 g/mol. The van der Waals surface area contributed by atoms with Gasteiger partial charge in [0.25, 0.3) is 5.91 Å². The number of hydrogen-bond donors (Lipinski definition) is 1. The number of nitrogens with zero attached hydrogens (tertiary/aromatic N) is 1. The lowest BCUT2D eigenvalue weighted by Crippen LogP contribution is -2.32. The molecule has 0 unspecified atom stereocenters. The van der Waals surface area contributed by atoms with E-state index in [1.807, 2.05) is 31.2 Å². The lowest BCUT2D eigenvalue weighted by Gasteiger charge is -2.20. The molecule has 1 aliphatic rings. The van der Waals surface area contributed by atoms with Crippen molar-refractivity contribution in [2.75, 3.05) is 25.4 Å². The molecule has 1 fully saturated rings. The average Bonchev–Trinajstić information content (AvgIpc) is 3.04. The van der Waals surface area contributed by atoms with E-state index in [0.29, 0.717) is 25.2 Å². The molecular formula is C23H29ClN2O3S2. The second kappa shape index (κ2) is 11.4. The van der Waals surface area contributed by atoms with Gasteiger partial charge in [-0.05, 0) is 55.2 Å². The Morgan fingerprint density at radius 1 is 1.10 bits per heavy atom. The third-order valence-corrected chi connectivity index (χ3v) is 8.51. The molecule has 0 saturated carbocycles. The van der Waals surface area contributed by atoms with E-state index >= 15 is 0 Å². The summed E-state index contributed by atoms with van der Waals surface area (Å²) in [7, 11) is -3.58. The molecule has 1 aliphatic heterocycles. The number of rotatable bonds is 8. The Morgan fingerprint density at radius 3 is 2.55 bits per heavy atom. The molecule has 0 atom stereocenters. The van der Waals surface area contributed by atoms with Gasteiger partial charge in [0.05, 0.1) is 4.90 Å². The van der Waals surface area contributed by atoms with E-state index in [2.05, 4.69) is 5.32 Å².